The van der Waals surface area contributed by atoms with Crippen LogP contribution in [0.25, 0.3) is 0 Å². The molecule has 2 atom stereocenters. The molecule has 2 heteroatoms. The Morgan fingerprint density at radius 3 is 2.77 bits per heavy atom. The van der Waals surface area contributed by atoms with E-state index in [1.54, 1.807) is 7.11 Å². The highest BCUT2D eigenvalue weighted by molar-refractivity contribution is 4.79. The molecule has 0 aromatic heterocycles. The van der Waals surface area contributed by atoms with Crippen LogP contribution in [-0.4, -0.2) is 26.8 Å². The Hall–Kier alpha value is -0.0800. The summed E-state index contributed by atoms with van der Waals surface area (Å²) in [6, 6.07) is 0.799. The maximum Gasteiger partial charge on any atom is 0.0462 e. The van der Waals surface area contributed by atoms with Gasteiger partial charge in [-0.2, -0.15) is 0 Å². The molecule has 13 heavy (non-hydrogen) atoms. The van der Waals surface area contributed by atoms with Crippen LogP contribution in [0, 0.1) is 5.92 Å². The number of hydrogen-bond acceptors (Lipinski definition) is 2. The molecule has 0 aromatic carbocycles. The third-order valence-corrected chi connectivity index (χ3v) is 3.16. The number of methoxy groups -OCH3 is 1. The van der Waals surface area contributed by atoms with Gasteiger partial charge in [0.1, 0.15) is 0 Å². The van der Waals surface area contributed by atoms with Gasteiger partial charge >= 0.3 is 0 Å². The highest BCUT2D eigenvalue weighted by Gasteiger charge is 2.22. The summed E-state index contributed by atoms with van der Waals surface area (Å²) in [5.74, 6) is 0.981. The van der Waals surface area contributed by atoms with E-state index in [1.807, 2.05) is 0 Å². The lowest BCUT2D eigenvalue weighted by Crippen LogP contribution is -2.21. The van der Waals surface area contributed by atoms with E-state index < -0.39 is 0 Å². The lowest BCUT2D eigenvalue weighted by Gasteiger charge is -2.10. The maximum atomic E-state index is 5.04. The van der Waals surface area contributed by atoms with Gasteiger partial charge in [0, 0.05) is 19.8 Å². The van der Waals surface area contributed by atoms with E-state index >= 15 is 0 Å². The van der Waals surface area contributed by atoms with Gasteiger partial charge < -0.3 is 10.1 Å². The number of unbranched alkanes of at least 4 members (excludes halogenated alkanes) is 1. The minimum Gasteiger partial charge on any atom is -0.385 e. The van der Waals surface area contributed by atoms with Crippen LogP contribution in [0.3, 0.4) is 0 Å². The molecular formula is C11H23NO. The maximum absolute atomic E-state index is 5.04. The van der Waals surface area contributed by atoms with Crippen molar-refractivity contribution in [2.75, 3.05) is 20.8 Å². The van der Waals surface area contributed by atoms with Gasteiger partial charge in [0.2, 0.25) is 0 Å². The summed E-state index contributed by atoms with van der Waals surface area (Å²) in [6.07, 6.45) is 8.18. The van der Waals surface area contributed by atoms with E-state index in [-0.39, 0.29) is 0 Å². The molecule has 2 nitrogen and oxygen atoms in total. The van der Waals surface area contributed by atoms with Crippen molar-refractivity contribution in [1.29, 1.82) is 0 Å². The molecule has 1 N–H and O–H groups in total. The van der Waals surface area contributed by atoms with Crippen LogP contribution in [0.1, 0.15) is 38.5 Å². The Labute approximate surface area is 82.0 Å². The Morgan fingerprint density at radius 1 is 1.31 bits per heavy atom. The second-order valence-electron chi connectivity index (χ2n) is 4.15. The first-order chi connectivity index (χ1) is 6.36. The van der Waals surface area contributed by atoms with Crippen LogP contribution in [0.15, 0.2) is 0 Å². The van der Waals surface area contributed by atoms with Gasteiger partial charge in [-0.05, 0) is 38.6 Å². The third kappa shape index (κ3) is 4.10. The predicted molar refractivity (Wildman–Crippen MR) is 55.9 cm³/mol. The Bertz CT molecular complexity index is 127. The first-order valence-electron chi connectivity index (χ1n) is 5.53. The number of ether oxygens (including phenoxy) is 1. The molecule has 1 saturated carbocycles. The van der Waals surface area contributed by atoms with E-state index in [0.717, 1.165) is 18.6 Å². The van der Waals surface area contributed by atoms with Gasteiger partial charge in [-0.1, -0.05) is 12.8 Å². The third-order valence-electron chi connectivity index (χ3n) is 3.16. The van der Waals surface area contributed by atoms with E-state index in [1.165, 1.54) is 38.5 Å². The molecular weight excluding hydrogens is 162 g/mol. The fourth-order valence-corrected chi connectivity index (χ4v) is 2.28. The van der Waals surface area contributed by atoms with Gasteiger partial charge in [0.15, 0.2) is 0 Å². The highest BCUT2D eigenvalue weighted by atomic mass is 16.5. The lowest BCUT2D eigenvalue weighted by molar-refractivity contribution is 0.190. The van der Waals surface area contributed by atoms with E-state index in [4.69, 9.17) is 4.74 Å². The second-order valence-corrected chi connectivity index (χ2v) is 4.15. The molecule has 0 saturated heterocycles. The number of hydrogen-bond donors (Lipinski definition) is 1. The molecule has 1 fully saturated rings. The van der Waals surface area contributed by atoms with Crippen molar-refractivity contribution in [1.82, 2.24) is 5.32 Å². The van der Waals surface area contributed by atoms with Crippen molar-refractivity contribution in [3.8, 4) is 0 Å². The second kappa shape index (κ2) is 6.39. The van der Waals surface area contributed by atoms with E-state index in [2.05, 4.69) is 12.4 Å². The number of nitrogens with one attached hydrogen (secondary N) is 1. The average Bonchev–Trinajstić information content (AvgIpc) is 2.60. The van der Waals surface area contributed by atoms with Crippen molar-refractivity contribution >= 4 is 0 Å². The molecule has 0 radical (unpaired) electrons. The molecule has 0 spiro atoms. The Morgan fingerprint density at radius 2 is 2.15 bits per heavy atom. The van der Waals surface area contributed by atoms with Gasteiger partial charge in [-0.3, -0.25) is 0 Å². The molecule has 0 aliphatic heterocycles. The van der Waals surface area contributed by atoms with Crippen LogP contribution in [0.2, 0.25) is 0 Å². The van der Waals surface area contributed by atoms with Crippen LogP contribution in [0.4, 0.5) is 0 Å². The van der Waals surface area contributed by atoms with E-state index in [0.29, 0.717) is 0 Å². The molecule has 78 valence electrons. The van der Waals surface area contributed by atoms with E-state index in [9.17, 15) is 0 Å². The first-order valence-corrected chi connectivity index (χ1v) is 5.53. The normalized spacial score (nSPS) is 28.2. The van der Waals surface area contributed by atoms with Crippen LogP contribution >= 0.6 is 0 Å². The summed E-state index contributed by atoms with van der Waals surface area (Å²) in [5.41, 5.74) is 0. The molecule has 0 aromatic rings. The van der Waals surface area contributed by atoms with Gasteiger partial charge in [0.05, 0.1) is 0 Å². The smallest absolute Gasteiger partial charge is 0.0462 e. The van der Waals surface area contributed by atoms with Crippen molar-refractivity contribution in [2.24, 2.45) is 5.92 Å². The fraction of sp³-hybridized carbons (Fsp3) is 1.00. The minimum absolute atomic E-state index is 0.799. The largest absolute Gasteiger partial charge is 0.385 e. The predicted octanol–water partition coefficient (Wildman–Crippen LogP) is 2.19. The summed E-state index contributed by atoms with van der Waals surface area (Å²) in [5, 5.41) is 3.37. The topological polar surface area (TPSA) is 21.3 Å². The van der Waals surface area contributed by atoms with Crippen molar-refractivity contribution in [3.63, 3.8) is 0 Å². The van der Waals surface area contributed by atoms with Gasteiger partial charge in [-0.15, -0.1) is 0 Å². The van der Waals surface area contributed by atoms with Crippen molar-refractivity contribution in [3.05, 3.63) is 0 Å². The first kappa shape index (κ1) is 11.0. The quantitative estimate of drug-likeness (QED) is 0.640. The average molecular weight is 185 g/mol. The van der Waals surface area contributed by atoms with Gasteiger partial charge in [0.25, 0.3) is 0 Å². The minimum atomic E-state index is 0.799. The fourth-order valence-electron chi connectivity index (χ4n) is 2.28. The Balaban J connectivity index is 1.97. The summed E-state index contributed by atoms with van der Waals surface area (Å²) < 4.78 is 5.04. The molecule has 2 unspecified atom stereocenters. The molecule has 1 rings (SSSR count). The molecule has 0 amide bonds. The molecule has 1 aliphatic rings. The summed E-state index contributed by atoms with van der Waals surface area (Å²) in [6.45, 7) is 0.933. The van der Waals surface area contributed by atoms with Crippen LogP contribution in [-0.2, 0) is 4.74 Å². The molecule has 0 heterocycles. The van der Waals surface area contributed by atoms with Crippen molar-refractivity contribution < 1.29 is 4.74 Å². The summed E-state index contributed by atoms with van der Waals surface area (Å²) in [4.78, 5) is 0. The zero-order valence-corrected chi connectivity index (χ0v) is 9.01. The monoisotopic (exact) mass is 185 g/mol. The SMILES string of the molecule is CNC1CCC(CCCCOC)C1. The molecule has 1 aliphatic carbocycles. The van der Waals surface area contributed by atoms with Crippen molar-refractivity contribution in [2.45, 2.75) is 44.6 Å². The molecule has 0 bridgehead atoms. The van der Waals surface area contributed by atoms with Crippen LogP contribution in [0.5, 0.6) is 0 Å². The number of rotatable bonds is 6. The lowest BCUT2D eigenvalue weighted by atomic mass is 10.0. The zero-order chi connectivity index (χ0) is 9.52. The standard InChI is InChI=1S/C11H23NO/c1-12-11-7-6-10(9-11)5-3-4-8-13-2/h10-12H,3-9H2,1-2H3. The zero-order valence-electron chi connectivity index (χ0n) is 9.01. The van der Waals surface area contributed by atoms with Gasteiger partial charge in [-0.25, -0.2) is 0 Å². The Kier molecular flexibility index (Phi) is 5.40. The summed E-state index contributed by atoms with van der Waals surface area (Å²) >= 11 is 0. The van der Waals surface area contributed by atoms with Crippen LogP contribution < -0.4 is 5.32 Å². The highest BCUT2D eigenvalue weighted by Crippen LogP contribution is 2.29. The summed E-state index contributed by atoms with van der Waals surface area (Å²) in [7, 11) is 3.87.